The van der Waals surface area contributed by atoms with Crippen molar-refractivity contribution in [2.24, 2.45) is 9.98 Å². The molecule has 18 heavy (non-hydrogen) atoms. The van der Waals surface area contributed by atoms with Crippen LogP contribution in [0.2, 0.25) is 0 Å². The molecule has 0 aromatic heterocycles. The zero-order chi connectivity index (χ0) is 13.2. The lowest BCUT2D eigenvalue weighted by molar-refractivity contribution is 0.0701. The number of hydrogen-bond donors (Lipinski definition) is 1. The van der Waals surface area contributed by atoms with Crippen molar-refractivity contribution in [3.63, 3.8) is 0 Å². The number of rotatable bonds is 7. The highest BCUT2D eigenvalue weighted by molar-refractivity contribution is 5.71. The predicted molar refractivity (Wildman–Crippen MR) is 73.0 cm³/mol. The molecule has 1 saturated heterocycles. The number of nitrogens with zero attached hydrogens (tertiary/aromatic N) is 3. The first-order chi connectivity index (χ1) is 8.72. The van der Waals surface area contributed by atoms with E-state index in [9.17, 15) is 0 Å². The van der Waals surface area contributed by atoms with Gasteiger partial charge in [0.15, 0.2) is 0 Å². The van der Waals surface area contributed by atoms with E-state index >= 15 is 0 Å². The molecule has 0 spiro atoms. The summed E-state index contributed by atoms with van der Waals surface area (Å²) in [6.07, 6.45) is 3.27. The van der Waals surface area contributed by atoms with Gasteiger partial charge in [-0.25, -0.2) is 9.98 Å². The molecular formula is C12H22N4O2. The topological polar surface area (TPSA) is 58.5 Å². The van der Waals surface area contributed by atoms with Crippen LogP contribution in [-0.4, -0.2) is 63.6 Å². The fraction of sp³-hybridized carbons (Fsp3) is 0.667. The molecule has 1 rings (SSSR count). The van der Waals surface area contributed by atoms with Crippen molar-refractivity contribution in [1.82, 2.24) is 10.2 Å². The van der Waals surface area contributed by atoms with E-state index < -0.39 is 0 Å². The van der Waals surface area contributed by atoms with Gasteiger partial charge in [-0.1, -0.05) is 6.58 Å². The lowest BCUT2D eigenvalue weighted by Crippen LogP contribution is -2.35. The second kappa shape index (κ2) is 8.66. The van der Waals surface area contributed by atoms with Crippen molar-refractivity contribution in [3.05, 3.63) is 12.4 Å². The summed E-state index contributed by atoms with van der Waals surface area (Å²) in [6, 6.07) is 0.183. The Hall–Kier alpha value is -1.40. The van der Waals surface area contributed by atoms with Crippen LogP contribution in [0.15, 0.2) is 22.4 Å². The number of aliphatic imine (C=N–C) groups is 2. The molecule has 6 nitrogen and oxygen atoms in total. The van der Waals surface area contributed by atoms with Gasteiger partial charge in [0.2, 0.25) is 0 Å². The second-order valence-electron chi connectivity index (χ2n) is 4.10. The van der Waals surface area contributed by atoms with Crippen molar-refractivity contribution in [2.45, 2.75) is 13.0 Å². The zero-order valence-electron chi connectivity index (χ0n) is 11.1. The third kappa shape index (κ3) is 6.36. The summed E-state index contributed by atoms with van der Waals surface area (Å²) in [6.45, 7) is 9.67. The van der Waals surface area contributed by atoms with Gasteiger partial charge in [-0.2, -0.15) is 0 Å². The number of nitrogens with one attached hydrogen (secondary N) is 1. The van der Waals surface area contributed by atoms with Gasteiger partial charge in [0.25, 0.3) is 0 Å². The first kappa shape index (κ1) is 14.7. The average molecular weight is 254 g/mol. The van der Waals surface area contributed by atoms with E-state index in [1.54, 1.807) is 13.4 Å². The van der Waals surface area contributed by atoms with Crippen LogP contribution in [0, 0.1) is 0 Å². The van der Waals surface area contributed by atoms with E-state index in [-0.39, 0.29) is 6.04 Å². The third-order valence-electron chi connectivity index (χ3n) is 2.39. The highest BCUT2D eigenvalue weighted by Gasteiger charge is 2.05. The van der Waals surface area contributed by atoms with Crippen molar-refractivity contribution >= 4 is 12.7 Å². The van der Waals surface area contributed by atoms with Gasteiger partial charge in [0, 0.05) is 26.2 Å². The zero-order valence-corrected chi connectivity index (χ0v) is 11.1. The molecule has 0 saturated carbocycles. The van der Waals surface area contributed by atoms with Crippen LogP contribution in [0.3, 0.4) is 0 Å². The van der Waals surface area contributed by atoms with Crippen LogP contribution < -0.4 is 5.32 Å². The Morgan fingerprint density at radius 2 is 2.28 bits per heavy atom. The van der Waals surface area contributed by atoms with Crippen LogP contribution in [0.4, 0.5) is 0 Å². The minimum absolute atomic E-state index is 0.183. The maximum Gasteiger partial charge on any atom is 0.120 e. The molecule has 0 radical (unpaired) electrons. The van der Waals surface area contributed by atoms with E-state index in [0.717, 1.165) is 26.3 Å². The van der Waals surface area contributed by atoms with Crippen LogP contribution in [0.5, 0.6) is 0 Å². The maximum absolute atomic E-state index is 5.24. The number of ether oxygens (including phenoxy) is 2. The van der Waals surface area contributed by atoms with Gasteiger partial charge in [0.1, 0.15) is 12.2 Å². The Labute approximate surface area is 108 Å². The molecule has 1 atom stereocenters. The summed E-state index contributed by atoms with van der Waals surface area (Å²) in [5, 5.41) is 3.09. The molecular weight excluding hydrogens is 232 g/mol. The largest absolute Gasteiger partial charge is 0.383 e. The number of methoxy groups -OCH3 is 1. The fourth-order valence-corrected chi connectivity index (χ4v) is 1.53. The molecule has 0 aromatic carbocycles. The molecule has 1 aliphatic heterocycles. The Bertz CT molecular complexity index is 298. The van der Waals surface area contributed by atoms with E-state index in [0.29, 0.717) is 12.4 Å². The van der Waals surface area contributed by atoms with Crippen LogP contribution >= 0.6 is 0 Å². The molecule has 0 bridgehead atoms. The second-order valence-corrected chi connectivity index (χ2v) is 4.10. The molecule has 1 aliphatic rings. The first-order valence-electron chi connectivity index (χ1n) is 6.04. The maximum atomic E-state index is 5.24. The first-order valence-corrected chi connectivity index (χ1v) is 6.04. The average Bonchev–Trinajstić information content (AvgIpc) is 2.36. The Morgan fingerprint density at radius 1 is 1.56 bits per heavy atom. The molecule has 6 heteroatoms. The fourth-order valence-electron chi connectivity index (χ4n) is 1.53. The molecule has 0 aliphatic carbocycles. The summed E-state index contributed by atoms with van der Waals surface area (Å²) in [4.78, 5) is 10.3. The summed E-state index contributed by atoms with van der Waals surface area (Å²) < 4.78 is 10.2. The van der Waals surface area contributed by atoms with E-state index in [4.69, 9.17) is 9.47 Å². The van der Waals surface area contributed by atoms with Crippen LogP contribution in [0.1, 0.15) is 6.92 Å². The van der Waals surface area contributed by atoms with Crippen LogP contribution in [0.25, 0.3) is 0 Å². The summed E-state index contributed by atoms with van der Waals surface area (Å²) >= 11 is 0. The van der Waals surface area contributed by atoms with Crippen LogP contribution in [-0.2, 0) is 9.47 Å². The quantitative estimate of drug-likeness (QED) is 0.530. The van der Waals surface area contributed by atoms with Gasteiger partial charge in [-0.05, 0) is 6.92 Å². The lowest BCUT2D eigenvalue weighted by atomic mass is 10.4. The predicted octanol–water partition coefficient (Wildman–Crippen LogP) is 0.471. The van der Waals surface area contributed by atoms with Crippen molar-refractivity contribution in [1.29, 1.82) is 0 Å². The molecule has 0 aromatic rings. The summed E-state index contributed by atoms with van der Waals surface area (Å²) in [5.41, 5.74) is 0. The Morgan fingerprint density at radius 3 is 2.94 bits per heavy atom. The molecule has 0 amide bonds. The monoisotopic (exact) mass is 254 g/mol. The number of hydrogen-bond acceptors (Lipinski definition) is 4. The van der Waals surface area contributed by atoms with Gasteiger partial charge in [-0.15, -0.1) is 0 Å². The Kier molecular flexibility index (Phi) is 7.05. The summed E-state index contributed by atoms with van der Waals surface area (Å²) in [5.74, 6) is 0.582. The minimum atomic E-state index is 0.183. The standard InChI is InChI=1S/C12H22N4O2/c1-11(8-17-3)15-12(2)14-9-13-10-16-4-6-18-7-5-16/h9-11,15H,2,4-8H2,1,3H3/t11-/m1/s1. The van der Waals surface area contributed by atoms with Crippen molar-refractivity contribution in [2.75, 3.05) is 40.0 Å². The third-order valence-corrected chi connectivity index (χ3v) is 2.39. The molecule has 1 heterocycles. The van der Waals surface area contributed by atoms with E-state index in [1.807, 2.05) is 6.92 Å². The van der Waals surface area contributed by atoms with Crippen molar-refractivity contribution < 1.29 is 9.47 Å². The number of morpholine rings is 1. The highest BCUT2D eigenvalue weighted by Crippen LogP contribution is 1.93. The normalized spacial score (nSPS) is 18.4. The van der Waals surface area contributed by atoms with Gasteiger partial charge in [0.05, 0.1) is 26.2 Å². The summed E-state index contributed by atoms with van der Waals surface area (Å²) in [7, 11) is 1.66. The minimum Gasteiger partial charge on any atom is -0.383 e. The van der Waals surface area contributed by atoms with Crippen molar-refractivity contribution in [3.8, 4) is 0 Å². The van der Waals surface area contributed by atoms with Gasteiger partial charge >= 0.3 is 0 Å². The SMILES string of the molecule is C=C(N=CN=CN1CCOCC1)N[C@H](C)COC. The lowest BCUT2D eigenvalue weighted by Gasteiger charge is -2.23. The highest BCUT2D eigenvalue weighted by atomic mass is 16.5. The smallest absolute Gasteiger partial charge is 0.120 e. The Balaban J connectivity index is 2.22. The van der Waals surface area contributed by atoms with E-state index in [1.165, 1.54) is 6.34 Å². The molecule has 1 N–H and O–H groups in total. The van der Waals surface area contributed by atoms with Gasteiger partial charge in [-0.3, -0.25) is 0 Å². The molecule has 102 valence electrons. The molecule has 1 fully saturated rings. The molecule has 0 unspecified atom stereocenters. The van der Waals surface area contributed by atoms with E-state index in [2.05, 4.69) is 26.8 Å². The van der Waals surface area contributed by atoms with Gasteiger partial charge < -0.3 is 19.7 Å².